The highest BCUT2D eigenvalue weighted by molar-refractivity contribution is 6.09. The van der Waals surface area contributed by atoms with Gasteiger partial charge in [0.05, 0.1) is 20.8 Å². The smallest absolute Gasteiger partial charge is 0.315 e. The number of carbonyl (C=O) groups is 2. The number of hydrogen-bond acceptors (Lipinski definition) is 6. The standard InChI is InChI=1S/C22H27NO5/c1-5-12-28-22(25)18-13(2)23-15-9-7-10-16(24)20(15)19(18)14-8-6-11-17(26-3)21(14)27-4/h6,8,11,18-19H,5,7,9-10,12H2,1-4H3/t18?,19-/m0/s1. The van der Waals surface area contributed by atoms with Crippen LogP contribution in [-0.4, -0.2) is 38.3 Å². The molecule has 1 aliphatic heterocycles. The van der Waals surface area contributed by atoms with E-state index in [4.69, 9.17) is 14.2 Å². The van der Waals surface area contributed by atoms with E-state index in [0.29, 0.717) is 35.8 Å². The Morgan fingerprint density at radius 2 is 2.00 bits per heavy atom. The summed E-state index contributed by atoms with van der Waals surface area (Å²) in [6.07, 6.45) is 2.71. The van der Waals surface area contributed by atoms with E-state index < -0.39 is 11.8 Å². The van der Waals surface area contributed by atoms with Gasteiger partial charge in [0.15, 0.2) is 17.3 Å². The van der Waals surface area contributed by atoms with E-state index in [2.05, 4.69) is 4.99 Å². The molecule has 0 spiro atoms. The molecule has 0 radical (unpaired) electrons. The average molecular weight is 385 g/mol. The highest BCUT2D eigenvalue weighted by atomic mass is 16.5. The van der Waals surface area contributed by atoms with Crippen molar-refractivity contribution in [2.45, 2.75) is 45.4 Å². The van der Waals surface area contributed by atoms with Crippen LogP contribution in [0.2, 0.25) is 0 Å². The van der Waals surface area contributed by atoms with Crippen molar-refractivity contribution in [3.63, 3.8) is 0 Å². The number of benzene rings is 1. The molecule has 2 aliphatic rings. The van der Waals surface area contributed by atoms with Crippen LogP contribution < -0.4 is 9.47 Å². The van der Waals surface area contributed by atoms with Crippen molar-refractivity contribution >= 4 is 17.5 Å². The van der Waals surface area contributed by atoms with Crippen LogP contribution in [0.4, 0.5) is 0 Å². The van der Waals surface area contributed by atoms with Gasteiger partial charge in [-0.15, -0.1) is 0 Å². The van der Waals surface area contributed by atoms with Gasteiger partial charge in [0, 0.05) is 34.9 Å². The van der Waals surface area contributed by atoms with Crippen LogP contribution in [0, 0.1) is 5.92 Å². The number of carbonyl (C=O) groups excluding carboxylic acids is 2. The second kappa shape index (κ2) is 8.59. The molecule has 2 atom stereocenters. The Morgan fingerprint density at radius 3 is 2.68 bits per heavy atom. The highest BCUT2D eigenvalue weighted by Gasteiger charge is 2.44. The number of ketones is 1. The van der Waals surface area contributed by atoms with Crippen LogP contribution in [-0.2, 0) is 14.3 Å². The Hall–Kier alpha value is -2.63. The Labute approximate surface area is 165 Å². The third-order valence-corrected chi connectivity index (χ3v) is 5.31. The molecule has 0 saturated heterocycles. The van der Waals surface area contributed by atoms with E-state index in [1.165, 1.54) is 0 Å². The number of ether oxygens (including phenoxy) is 3. The number of aliphatic imine (C=N–C) groups is 1. The number of esters is 1. The lowest BCUT2D eigenvalue weighted by Gasteiger charge is -2.35. The highest BCUT2D eigenvalue weighted by Crippen LogP contribution is 2.48. The number of nitrogens with zero attached hydrogens (tertiary/aromatic N) is 1. The maximum atomic E-state index is 13.0. The van der Waals surface area contributed by atoms with Crippen LogP contribution in [0.1, 0.15) is 51.0 Å². The van der Waals surface area contributed by atoms with Gasteiger partial charge in [-0.2, -0.15) is 0 Å². The zero-order chi connectivity index (χ0) is 20.3. The molecule has 1 unspecified atom stereocenters. The van der Waals surface area contributed by atoms with E-state index >= 15 is 0 Å². The van der Waals surface area contributed by atoms with Gasteiger partial charge in [0.25, 0.3) is 0 Å². The lowest BCUT2D eigenvalue weighted by molar-refractivity contribution is -0.146. The summed E-state index contributed by atoms with van der Waals surface area (Å²) in [5, 5.41) is 0. The van der Waals surface area contributed by atoms with E-state index in [0.717, 1.165) is 30.5 Å². The maximum Gasteiger partial charge on any atom is 0.315 e. The molecular formula is C22H27NO5. The molecule has 0 bridgehead atoms. The number of para-hydroxylation sites is 1. The summed E-state index contributed by atoms with van der Waals surface area (Å²) in [7, 11) is 3.13. The fourth-order valence-corrected chi connectivity index (χ4v) is 4.10. The van der Waals surface area contributed by atoms with Crippen LogP contribution in [0.5, 0.6) is 11.5 Å². The van der Waals surface area contributed by atoms with Gasteiger partial charge in [-0.25, -0.2) is 0 Å². The SMILES string of the molecule is CCCOC(=O)C1C(C)=NC2=C(C(=O)CCC2)[C@H]1c1cccc(OC)c1OC. The van der Waals surface area contributed by atoms with Gasteiger partial charge in [0.2, 0.25) is 0 Å². The first kappa shape index (κ1) is 20.1. The Balaban J connectivity index is 2.19. The summed E-state index contributed by atoms with van der Waals surface area (Å²) < 4.78 is 16.5. The maximum absolute atomic E-state index is 13.0. The summed E-state index contributed by atoms with van der Waals surface area (Å²) in [5.74, 6) is -0.374. The Kier molecular flexibility index (Phi) is 6.17. The fraction of sp³-hybridized carbons (Fsp3) is 0.500. The van der Waals surface area contributed by atoms with Gasteiger partial charge in [0.1, 0.15) is 5.92 Å². The molecule has 1 aliphatic carbocycles. The lowest BCUT2D eigenvalue weighted by atomic mass is 9.71. The first-order chi connectivity index (χ1) is 13.5. The molecular weight excluding hydrogens is 358 g/mol. The van der Waals surface area contributed by atoms with Gasteiger partial charge < -0.3 is 14.2 Å². The van der Waals surface area contributed by atoms with Crippen LogP contribution in [0.25, 0.3) is 0 Å². The topological polar surface area (TPSA) is 74.2 Å². The molecule has 3 rings (SSSR count). The second-order valence-electron chi connectivity index (χ2n) is 7.10. The second-order valence-corrected chi connectivity index (χ2v) is 7.10. The minimum absolute atomic E-state index is 0.0423. The predicted molar refractivity (Wildman–Crippen MR) is 106 cm³/mol. The largest absolute Gasteiger partial charge is 0.493 e. The molecule has 28 heavy (non-hydrogen) atoms. The number of hydrogen-bond donors (Lipinski definition) is 0. The van der Waals surface area contributed by atoms with Crippen molar-refractivity contribution in [3.05, 3.63) is 35.0 Å². The van der Waals surface area contributed by atoms with E-state index in [-0.39, 0.29) is 11.8 Å². The molecule has 1 heterocycles. The first-order valence-corrected chi connectivity index (χ1v) is 9.72. The quantitative estimate of drug-likeness (QED) is 0.696. The molecule has 0 amide bonds. The first-order valence-electron chi connectivity index (χ1n) is 9.72. The van der Waals surface area contributed by atoms with Gasteiger partial charge in [-0.1, -0.05) is 19.1 Å². The fourth-order valence-electron chi connectivity index (χ4n) is 4.10. The summed E-state index contributed by atoms with van der Waals surface area (Å²) in [6.45, 7) is 4.12. The Bertz CT molecular complexity index is 839. The number of rotatable bonds is 6. The van der Waals surface area contributed by atoms with Crippen molar-refractivity contribution in [3.8, 4) is 11.5 Å². The number of allylic oxidation sites excluding steroid dienone is 2. The van der Waals surface area contributed by atoms with E-state index in [1.807, 2.05) is 26.0 Å². The molecule has 0 aromatic heterocycles. The summed E-state index contributed by atoms with van der Waals surface area (Å²) in [5.41, 5.74) is 2.81. The average Bonchev–Trinajstić information content (AvgIpc) is 2.70. The van der Waals surface area contributed by atoms with Crippen molar-refractivity contribution < 1.29 is 23.8 Å². The molecule has 1 aromatic rings. The molecule has 0 saturated carbocycles. The van der Waals surface area contributed by atoms with E-state index in [1.54, 1.807) is 20.3 Å². The zero-order valence-electron chi connectivity index (χ0n) is 16.9. The van der Waals surface area contributed by atoms with Crippen LogP contribution >= 0.6 is 0 Å². The molecule has 6 nitrogen and oxygen atoms in total. The molecule has 0 fully saturated rings. The normalized spacial score (nSPS) is 21.7. The number of methoxy groups -OCH3 is 2. The predicted octanol–water partition coefficient (Wildman–Crippen LogP) is 3.84. The van der Waals surface area contributed by atoms with Crippen molar-refractivity contribution in [2.24, 2.45) is 10.9 Å². The van der Waals surface area contributed by atoms with Crippen molar-refractivity contribution in [2.75, 3.05) is 20.8 Å². The minimum Gasteiger partial charge on any atom is -0.493 e. The number of Topliss-reactive ketones (excluding diaryl/α,β-unsaturated/α-hetero) is 1. The summed E-state index contributed by atoms with van der Waals surface area (Å²) in [4.78, 5) is 30.5. The van der Waals surface area contributed by atoms with Gasteiger partial charge in [-0.3, -0.25) is 14.6 Å². The minimum atomic E-state index is -0.659. The van der Waals surface area contributed by atoms with Gasteiger partial charge in [-0.05, 0) is 32.3 Å². The van der Waals surface area contributed by atoms with Crippen molar-refractivity contribution in [1.82, 2.24) is 0 Å². The van der Waals surface area contributed by atoms with Crippen molar-refractivity contribution in [1.29, 1.82) is 0 Å². The third kappa shape index (κ3) is 3.55. The lowest BCUT2D eigenvalue weighted by Crippen LogP contribution is -2.37. The molecule has 6 heteroatoms. The Morgan fingerprint density at radius 1 is 1.21 bits per heavy atom. The molecule has 150 valence electrons. The monoisotopic (exact) mass is 385 g/mol. The zero-order valence-corrected chi connectivity index (χ0v) is 16.9. The van der Waals surface area contributed by atoms with Crippen LogP contribution in [0.3, 0.4) is 0 Å². The molecule has 0 N–H and O–H groups in total. The third-order valence-electron chi connectivity index (χ3n) is 5.31. The van der Waals surface area contributed by atoms with Crippen LogP contribution in [0.15, 0.2) is 34.5 Å². The van der Waals surface area contributed by atoms with E-state index in [9.17, 15) is 9.59 Å². The van der Waals surface area contributed by atoms with Gasteiger partial charge >= 0.3 is 5.97 Å². The molecule has 1 aromatic carbocycles. The summed E-state index contributed by atoms with van der Waals surface area (Å²) >= 11 is 0. The summed E-state index contributed by atoms with van der Waals surface area (Å²) in [6, 6.07) is 5.53.